The number of carbonyl (C=O) groups excluding carboxylic acids is 1. The second-order valence-corrected chi connectivity index (χ2v) is 5.48. The van der Waals surface area contributed by atoms with Gasteiger partial charge < -0.3 is 4.90 Å². The maximum absolute atomic E-state index is 12.1. The molecule has 0 bridgehead atoms. The summed E-state index contributed by atoms with van der Waals surface area (Å²) in [7, 11) is 0. The van der Waals surface area contributed by atoms with E-state index in [2.05, 4.69) is 19.2 Å². The van der Waals surface area contributed by atoms with Gasteiger partial charge in [-0.05, 0) is 19.3 Å². The molecule has 0 aromatic carbocycles. The number of hydrogen-bond acceptors (Lipinski definition) is 3. The topological polar surface area (TPSA) is 32.3 Å². The minimum atomic E-state index is 0.0766. The molecule has 2 aliphatic heterocycles. The van der Waals surface area contributed by atoms with Crippen LogP contribution in [0, 0.1) is 5.92 Å². The summed E-state index contributed by atoms with van der Waals surface area (Å²) in [5.41, 5.74) is 0. The van der Waals surface area contributed by atoms with E-state index in [-0.39, 0.29) is 6.04 Å². The Hall–Kier alpha value is -0.220. The van der Waals surface area contributed by atoms with Gasteiger partial charge in [0, 0.05) is 24.2 Å². The first kappa shape index (κ1) is 10.3. The summed E-state index contributed by atoms with van der Waals surface area (Å²) < 4.78 is 0. The van der Waals surface area contributed by atoms with E-state index in [4.69, 9.17) is 0 Å². The van der Waals surface area contributed by atoms with E-state index >= 15 is 0 Å². The number of thioether (sulfide) groups is 1. The van der Waals surface area contributed by atoms with E-state index in [1.54, 1.807) is 0 Å². The molecule has 0 radical (unpaired) electrons. The number of nitrogens with zero attached hydrogens (tertiary/aromatic N) is 1. The third-order valence-electron chi connectivity index (χ3n) is 3.08. The zero-order valence-electron chi connectivity index (χ0n) is 8.82. The summed E-state index contributed by atoms with van der Waals surface area (Å²) in [5.74, 6) is 2.85. The fraction of sp³-hybridized carbons (Fsp3) is 0.900. The minimum absolute atomic E-state index is 0.0766. The van der Waals surface area contributed by atoms with Gasteiger partial charge in [0.05, 0.1) is 6.04 Å². The minimum Gasteiger partial charge on any atom is -0.338 e. The Bertz CT molecular complexity index is 228. The number of carbonyl (C=O) groups is 1. The van der Waals surface area contributed by atoms with Gasteiger partial charge in [-0.2, -0.15) is 0 Å². The molecule has 0 aromatic rings. The van der Waals surface area contributed by atoms with Crippen LogP contribution in [-0.4, -0.2) is 41.1 Å². The molecule has 2 heterocycles. The molecule has 0 saturated carbocycles. The fourth-order valence-corrected chi connectivity index (χ4v) is 3.29. The molecule has 80 valence electrons. The van der Waals surface area contributed by atoms with Gasteiger partial charge in [0.1, 0.15) is 0 Å². The lowest BCUT2D eigenvalue weighted by atomic mass is 10.1. The van der Waals surface area contributed by atoms with Crippen LogP contribution in [0.1, 0.15) is 20.3 Å². The van der Waals surface area contributed by atoms with Crippen molar-refractivity contribution in [2.75, 3.05) is 18.2 Å². The smallest absolute Gasteiger partial charge is 0.240 e. The summed E-state index contributed by atoms with van der Waals surface area (Å²) in [4.78, 5) is 14.1. The van der Waals surface area contributed by atoms with Crippen LogP contribution in [0.3, 0.4) is 0 Å². The van der Waals surface area contributed by atoms with Gasteiger partial charge in [-0.15, -0.1) is 11.8 Å². The van der Waals surface area contributed by atoms with Gasteiger partial charge in [0.25, 0.3) is 0 Å². The first-order valence-electron chi connectivity index (χ1n) is 5.30. The molecule has 0 aromatic heterocycles. The maximum atomic E-state index is 12.1. The SMILES string of the molecule is CC1CC(C)N(C(=O)C2CSCN2)C1. The highest BCUT2D eigenvalue weighted by Crippen LogP contribution is 2.24. The van der Waals surface area contributed by atoms with E-state index in [1.165, 1.54) is 0 Å². The number of hydrogen-bond donors (Lipinski definition) is 1. The van der Waals surface area contributed by atoms with Crippen molar-refractivity contribution >= 4 is 17.7 Å². The van der Waals surface area contributed by atoms with Crippen LogP contribution in [0.4, 0.5) is 0 Å². The van der Waals surface area contributed by atoms with Crippen molar-refractivity contribution in [1.82, 2.24) is 10.2 Å². The fourth-order valence-electron chi connectivity index (χ4n) is 2.36. The van der Waals surface area contributed by atoms with Crippen molar-refractivity contribution in [3.8, 4) is 0 Å². The number of likely N-dealkylation sites (tertiary alicyclic amines) is 1. The Morgan fingerprint density at radius 2 is 2.29 bits per heavy atom. The predicted molar refractivity (Wildman–Crippen MR) is 59.2 cm³/mol. The summed E-state index contributed by atoms with van der Waals surface area (Å²) in [6.45, 7) is 5.33. The molecule has 14 heavy (non-hydrogen) atoms. The van der Waals surface area contributed by atoms with Crippen molar-refractivity contribution < 1.29 is 4.79 Å². The van der Waals surface area contributed by atoms with E-state index < -0.39 is 0 Å². The first-order chi connectivity index (χ1) is 6.68. The number of rotatable bonds is 1. The van der Waals surface area contributed by atoms with Gasteiger partial charge in [-0.3, -0.25) is 10.1 Å². The molecule has 2 aliphatic rings. The largest absolute Gasteiger partial charge is 0.338 e. The Morgan fingerprint density at radius 3 is 2.79 bits per heavy atom. The molecule has 4 heteroatoms. The molecule has 3 atom stereocenters. The van der Waals surface area contributed by atoms with E-state index in [1.807, 2.05) is 16.7 Å². The molecule has 0 spiro atoms. The van der Waals surface area contributed by atoms with Crippen LogP contribution in [-0.2, 0) is 4.79 Å². The van der Waals surface area contributed by atoms with E-state index in [0.717, 1.165) is 24.6 Å². The van der Waals surface area contributed by atoms with Gasteiger partial charge in [0.2, 0.25) is 5.91 Å². The Labute approximate surface area is 89.6 Å². The molecule has 3 unspecified atom stereocenters. The van der Waals surface area contributed by atoms with Gasteiger partial charge in [0.15, 0.2) is 0 Å². The van der Waals surface area contributed by atoms with Crippen LogP contribution in [0.5, 0.6) is 0 Å². The average molecular weight is 214 g/mol. The van der Waals surface area contributed by atoms with Gasteiger partial charge in [-0.25, -0.2) is 0 Å². The predicted octanol–water partition coefficient (Wildman–Crippen LogP) is 0.906. The summed E-state index contributed by atoms with van der Waals surface area (Å²) >= 11 is 1.81. The molecule has 1 amide bonds. The standard InChI is InChI=1S/C10H18N2OS/c1-7-3-8(2)12(4-7)10(13)9-5-14-6-11-9/h7-9,11H,3-6H2,1-2H3. The Balaban J connectivity index is 1.96. The number of amides is 1. The lowest BCUT2D eigenvalue weighted by Gasteiger charge is -2.24. The Morgan fingerprint density at radius 1 is 1.50 bits per heavy atom. The summed E-state index contributed by atoms with van der Waals surface area (Å²) in [5, 5.41) is 3.24. The van der Waals surface area contributed by atoms with Gasteiger partial charge >= 0.3 is 0 Å². The zero-order valence-corrected chi connectivity index (χ0v) is 9.64. The molecule has 2 fully saturated rings. The first-order valence-corrected chi connectivity index (χ1v) is 6.45. The lowest BCUT2D eigenvalue weighted by molar-refractivity contribution is -0.133. The van der Waals surface area contributed by atoms with Crippen molar-refractivity contribution in [2.24, 2.45) is 5.92 Å². The van der Waals surface area contributed by atoms with Crippen LogP contribution in [0.2, 0.25) is 0 Å². The van der Waals surface area contributed by atoms with Crippen molar-refractivity contribution in [3.63, 3.8) is 0 Å². The van der Waals surface area contributed by atoms with Crippen molar-refractivity contribution in [1.29, 1.82) is 0 Å². The van der Waals surface area contributed by atoms with E-state index in [9.17, 15) is 4.79 Å². The molecular weight excluding hydrogens is 196 g/mol. The molecule has 1 N–H and O–H groups in total. The zero-order chi connectivity index (χ0) is 10.1. The quantitative estimate of drug-likeness (QED) is 0.704. The highest BCUT2D eigenvalue weighted by atomic mass is 32.2. The molecule has 3 nitrogen and oxygen atoms in total. The third kappa shape index (κ3) is 1.91. The average Bonchev–Trinajstić information content (AvgIpc) is 2.73. The van der Waals surface area contributed by atoms with Crippen LogP contribution in [0.25, 0.3) is 0 Å². The Kier molecular flexibility index (Phi) is 3.02. The second-order valence-electron chi connectivity index (χ2n) is 4.45. The van der Waals surface area contributed by atoms with Crippen molar-refractivity contribution in [2.45, 2.75) is 32.4 Å². The van der Waals surface area contributed by atoms with Crippen LogP contribution in [0.15, 0.2) is 0 Å². The van der Waals surface area contributed by atoms with Crippen molar-refractivity contribution in [3.05, 3.63) is 0 Å². The lowest BCUT2D eigenvalue weighted by Crippen LogP contribution is -2.46. The highest BCUT2D eigenvalue weighted by molar-refractivity contribution is 7.99. The molecule has 2 saturated heterocycles. The maximum Gasteiger partial charge on any atom is 0.240 e. The molecular formula is C10H18N2OS. The second kappa shape index (κ2) is 4.11. The van der Waals surface area contributed by atoms with E-state index in [0.29, 0.717) is 17.9 Å². The monoisotopic (exact) mass is 214 g/mol. The molecule has 0 aliphatic carbocycles. The summed E-state index contributed by atoms with van der Waals surface area (Å²) in [6, 6.07) is 0.512. The molecule has 2 rings (SSSR count). The third-order valence-corrected chi connectivity index (χ3v) is 4.02. The number of nitrogens with one attached hydrogen (secondary N) is 1. The van der Waals surface area contributed by atoms with Crippen LogP contribution >= 0.6 is 11.8 Å². The highest BCUT2D eigenvalue weighted by Gasteiger charge is 2.34. The normalized spacial score (nSPS) is 37.9. The van der Waals surface area contributed by atoms with Gasteiger partial charge in [-0.1, -0.05) is 6.92 Å². The van der Waals surface area contributed by atoms with Crippen LogP contribution < -0.4 is 5.32 Å². The summed E-state index contributed by atoms with van der Waals surface area (Å²) in [6.07, 6.45) is 1.16.